The van der Waals surface area contributed by atoms with E-state index in [9.17, 15) is 4.79 Å². The first-order valence-corrected chi connectivity index (χ1v) is 8.03. The minimum absolute atomic E-state index is 0.0343. The van der Waals surface area contributed by atoms with Gasteiger partial charge in [-0.25, -0.2) is 0 Å². The second-order valence-corrected chi connectivity index (χ2v) is 6.55. The molecule has 0 aliphatic rings. The van der Waals surface area contributed by atoms with Crippen molar-refractivity contribution in [3.8, 4) is 5.75 Å². The van der Waals surface area contributed by atoms with Crippen LogP contribution in [0.4, 0.5) is 0 Å². The molecule has 21 heavy (non-hydrogen) atoms. The Bertz CT molecular complexity index is 580. The lowest BCUT2D eigenvalue weighted by Crippen LogP contribution is -2.22. The van der Waals surface area contributed by atoms with Gasteiger partial charge in [-0.1, -0.05) is 29.3 Å². The average Bonchev–Trinajstić information content (AvgIpc) is 2.89. The highest BCUT2D eigenvalue weighted by atomic mass is 35.5. The van der Waals surface area contributed by atoms with Gasteiger partial charge in [-0.05, 0) is 37.6 Å². The first-order chi connectivity index (χ1) is 10.1. The molecule has 1 aromatic carbocycles. The highest BCUT2D eigenvalue weighted by Crippen LogP contribution is 2.21. The largest absolute Gasteiger partial charge is 0.494 e. The van der Waals surface area contributed by atoms with Gasteiger partial charge < -0.3 is 10.1 Å². The fourth-order valence-corrected chi connectivity index (χ4v) is 2.81. The van der Waals surface area contributed by atoms with Crippen molar-refractivity contribution in [3.05, 3.63) is 51.2 Å². The molecular weight excluding hydrogens is 306 g/mol. The Morgan fingerprint density at radius 2 is 2.00 bits per heavy atom. The highest BCUT2D eigenvalue weighted by Gasteiger charge is 2.03. The maximum absolute atomic E-state index is 11.7. The number of hydrogen-bond acceptors (Lipinski definition) is 3. The number of aryl methyl sites for hydroxylation is 1. The molecule has 0 aliphatic heterocycles. The van der Waals surface area contributed by atoms with Crippen LogP contribution < -0.4 is 10.1 Å². The third-order valence-electron chi connectivity index (χ3n) is 2.93. The van der Waals surface area contributed by atoms with Gasteiger partial charge in [0.1, 0.15) is 5.75 Å². The molecule has 2 rings (SSSR count). The van der Waals surface area contributed by atoms with Crippen molar-refractivity contribution in [2.24, 2.45) is 0 Å². The van der Waals surface area contributed by atoms with Crippen molar-refractivity contribution >= 4 is 28.8 Å². The van der Waals surface area contributed by atoms with Crippen molar-refractivity contribution in [1.29, 1.82) is 0 Å². The van der Waals surface area contributed by atoms with Crippen LogP contribution in [0.5, 0.6) is 5.75 Å². The molecule has 0 unspecified atom stereocenters. The zero-order valence-corrected chi connectivity index (χ0v) is 13.5. The Morgan fingerprint density at radius 1 is 1.24 bits per heavy atom. The van der Waals surface area contributed by atoms with E-state index < -0.39 is 0 Å². The number of carbonyl (C=O) groups is 1. The third-order valence-corrected chi connectivity index (χ3v) is 4.16. The summed E-state index contributed by atoms with van der Waals surface area (Å²) in [5.74, 6) is 0.876. The maximum atomic E-state index is 11.7. The van der Waals surface area contributed by atoms with Crippen molar-refractivity contribution in [2.75, 3.05) is 6.61 Å². The summed E-state index contributed by atoms with van der Waals surface area (Å²) in [6.07, 6.45) is 1.16. The van der Waals surface area contributed by atoms with E-state index in [1.807, 2.05) is 43.3 Å². The Labute approximate surface area is 133 Å². The molecule has 1 aromatic heterocycles. The summed E-state index contributed by atoms with van der Waals surface area (Å²) in [4.78, 5) is 12.7. The normalized spacial score (nSPS) is 10.4. The molecule has 1 N–H and O–H groups in total. The van der Waals surface area contributed by atoms with Crippen LogP contribution in [0.15, 0.2) is 36.4 Å². The Balaban J connectivity index is 1.59. The topological polar surface area (TPSA) is 38.3 Å². The number of carbonyl (C=O) groups excluding carboxylic acids is 1. The number of hydrogen-bond donors (Lipinski definition) is 1. The van der Waals surface area contributed by atoms with Gasteiger partial charge in [0.2, 0.25) is 5.91 Å². The van der Waals surface area contributed by atoms with E-state index in [1.54, 1.807) is 0 Å². The predicted octanol–water partition coefficient (Wildman–Crippen LogP) is 4.19. The molecule has 1 heterocycles. The molecule has 0 radical (unpaired) electrons. The number of nitrogens with one attached hydrogen (secondary N) is 1. The zero-order valence-electron chi connectivity index (χ0n) is 11.9. The molecule has 0 saturated heterocycles. The summed E-state index contributed by atoms with van der Waals surface area (Å²) >= 11 is 7.32. The van der Waals surface area contributed by atoms with Crippen LogP contribution in [0.1, 0.15) is 23.3 Å². The van der Waals surface area contributed by atoms with Crippen molar-refractivity contribution in [1.82, 2.24) is 5.32 Å². The fourth-order valence-electron chi connectivity index (χ4n) is 1.78. The number of halogens is 1. The van der Waals surface area contributed by atoms with Crippen LogP contribution in [-0.2, 0) is 11.3 Å². The third kappa shape index (κ3) is 5.78. The summed E-state index contributed by atoms with van der Waals surface area (Å²) in [6, 6.07) is 11.7. The fraction of sp³-hybridized carbons (Fsp3) is 0.312. The molecule has 112 valence electrons. The van der Waals surface area contributed by atoms with Crippen LogP contribution in [0.25, 0.3) is 0 Å². The molecule has 1 amide bonds. The maximum Gasteiger partial charge on any atom is 0.220 e. The molecule has 0 atom stereocenters. The van der Waals surface area contributed by atoms with Crippen LogP contribution in [0, 0.1) is 6.92 Å². The van der Waals surface area contributed by atoms with E-state index in [-0.39, 0.29) is 5.91 Å². The summed E-state index contributed by atoms with van der Waals surface area (Å²) in [5, 5.41) is 2.88. The molecule has 0 saturated carbocycles. The molecule has 3 nitrogen and oxygen atoms in total. The van der Waals surface area contributed by atoms with E-state index in [4.69, 9.17) is 16.3 Å². The second kappa shape index (κ2) is 8.05. The van der Waals surface area contributed by atoms with Crippen molar-refractivity contribution in [3.63, 3.8) is 0 Å². The van der Waals surface area contributed by atoms with Gasteiger partial charge >= 0.3 is 0 Å². The summed E-state index contributed by atoms with van der Waals surface area (Å²) in [5.41, 5.74) is 1.20. The molecule has 0 bridgehead atoms. The Morgan fingerprint density at radius 3 is 2.67 bits per heavy atom. The highest BCUT2D eigenvalue weighted by molar-refractivity contribution is 7.16. The van der Waals surface area contributed by atoms with Gasteiger partial charge in [0, 0.05) is 11.3 Å². The lowest BCUT2D eigenvalue weighted by atomic mass is 10.2. The molecule has 0 aliphatic carbocycles. The zero-order chi connectivity index (χ0) is 15.1. The SMILES string of the molecule is Cc1ccc(OCCCC(=O)NCc2ccc(Cl)s2)cc1. The smallest absolute Gasteiger partial charge is 0.220 e. The van der Waals surface area contributed by atoms with Gasteiger partial charge in [0.05, 0.1) is 17.5 Å². The van der Waals surface area contributed by atoms with Crippen LogP contribution >= 0.6 is 22.9 Å². The van der Waals surface area contributed by atoms with Gasteiger partial charge in [0.15, 0.2) is 0 Å². The van der Waals surface area contributed by atoms with Crippen molar-refractivity contribution in [2.45, 2.75) is 26.3 Å². The predicted molar refractivity (Wildman–Crippen MR) is 87.1 cm³/mol. The van der Waals surface area contributed by atoms with E-state index >= 15 is 0 Å². The van der Waals surface area contributed by atoms with E-state index in [0.29, 0.717) is 26.0 Å². The number of benzene rings is 1. The van der Waals surface area contributed by atoms with E-state index in [0.717, 1.165) is 15.0 Å². The number of thiophene rings is 1. The number of amides is 1. The second-order valence-electron chi connectivity index (χ2n) is 4.75. The van der Waals surface area contributed by atoms with E-state index in [1.165, 1.54) is 16.9 Å². The molecule has 0 spiro atoms. The minimum Gasteiger partial charge on any atom is -0.494 e. The summed E-state index contributed by atoms with van der Waals surface area (Å²) < 4.78 is 6.32. The van der Waals surface area contributed by atoms with Gasteiger partial charge in [0.25, 0.3) is 0 Å². The lowest BCUT2D eigenvalue weighted by molar-refractivity contribution is -0.121. The molecule has 5 heteroatoms. The molecular formula is C16H18ClNO2S. The molecule has 2 aromatic rings. The number of ether oxygens (including phenoxy) is 1. The summed E-state index contributed by atoms with van der Waals surface area (Å²) in [7, 11) is 0. The lowest BCUT2D eigenvalue weighted by Gasteiger charge is -2.07. The first kappa shape index (κ1) is 15.9. The van der Waals surface area contributed by atoms with Gasteiger partial charge in [-0.2, -0.15) is 0 Å². The van der Waals surface area contributed by atoms with Crippen LogP contribution in [0.2, 0.25) is 4.34 Å². The standard InChI is InChI=1S/C16H18ClNO2S/c1-12-4-6-13(7-5-12)20-10-2-3-16(19)18-11-14-8-9-15(17)21-14/h4-9H,2-3,10-11H2,1H3,(H,18,19). The van der Waals surface area contributed by atoms with E-state index in [2.05, 4.69) is 5.32 Å². The number of rotatable bonds is 7. The minimum atomic E-state index is 0.0343. The first-order valence-electron chi connectivity index (χ1n) is 6.84. The summed E-state index contributed by atoms with van der Waals surface area (Å²) in [6.45, 7) is 3.12. The van der Waals surface area contributed by atoms with Crippen molar-refractivity contribution < 1.29 is 9.53 Å². The Kier molecular flexibility index (Phi) is 6.08. The average molecular weight is 324 g/mol. The Hall–Kier alpha value is -1.52. The van der Waals surface area contributed by atoms with Gasteiger partial charge in [-0.3, -0.25) is 4.79 Å². The van der Waals surface area contributed by atoms with Crippen LogP contribution in [-0.4, -0.2) is 12.5 Å². The van der Waals surface area contributed by atoms with Gasteiger partial charge in [-0.15, -0.1) is 11.3 Å². The van der Waals surface area contributed by atoms with Crippen LogP contribution in [0.3, 0.4) is 0 Å². The quantitative estimate of drug-likeness (QED) is 0.776. The monoisotopic (exact) mass is 323 g/mol. The molecule has 0 fully saturated rings.